The summed E-state index contributed by atoms with van der Waals surface area (Å²) in [6.07, 6.45) is 1.06. The van der Waals surface area contributed by atoms with Crippen molar-refractivity contribution in [3.8, 4) is 11.3 Å². The Kier molecular flexibility index (Phi) is 4.72. The monoisotopic (exact) mass is 417 g/mol. The zero-order valence-corrected chi connectivity index (χ0v) is 19.0. The van der Waals surface area contributed by atoms with Gasteiger partial charge in [0.25, 0.3) is 0 Å². The van der Waals surface area contributed by atoms with Gasteiger partial charge in [-0.2, -0.15) is 4.31 Å². The van der Waals surface area contributed by atoms with Crippen LogP contribution in [-0.4, -0.2) is 56.5 Å². The van der Waals surface area contributed by atoms with Gasteiger partial charge in [0.2, 0.25) is 10.0 Å². The molecule has 0 bridgehead atoms. The number of rotatable bonds is 5. The van der Waals surface area contributed by atoms with Gasteiger partial charge in [-0.25, -0.2) is 8.42 Å². The highest BCUT2D eigenvalue weighted by atomic mass is 32.2. The summed E-state index contributed by atoms with van der Waals surface area (Å²) in [5, 5.41) is 3.93. The Morgan fingerprint density at radius 3 is 2.55 bits per heavy atom. The van der Waals surface area contributed by atoms with Crippen molar-refractivity contribution in [2.75, 3.05) is 33.7 Å². The maximum atomic E-state index is 13.7. The van der Waals surface area contributed by atoms with Crippen molar-refractivity contribution in [2.45, 2.75) is 39.0 Å². The van der Waals surface area contributed by atoms with Crippen LogP contribution < -0.4 is 0 Å². The summed E-state index contributed by atoms with van der Waals surface area (Å²) in [6.45, 7) is 10.3. The van der Waals surface area contributed by atoms with Gasteiger partial charge in [-0.1, -0.05) is 31.1 Å². The summed E-state index contributed by atoms with van der Waals surface area (Å²) >= 11 is 0. The van der Waals surface area contributed by atoms with Gasteiger partial charge < -0.3 is 9.42 Å². The van der Waals surface area contributed by atoms with Gasteiger partial charge in [-0.15, -0.1) is 0 Å². The Morgan fingerprint density at radius 1 is 1.24 bits per heavy atom. The number of nitrogens with zero attached hydrogens (tertiary/aromatic N) is 3. The highest BCUT2D eigenvalue weighted by Gasteiger charge is 2.64. The number of benzene rings is 1. The molecular formula is C22H31N3O3S. The first-order valence-corrected chi connectivity index (χ1v) is 11.6. The normalized spacial score (nSPS) is 26.5. The standard InChI is InChI=1S/C22H31N3O3S/c1-15-7-8-17(18-9-16(2)23-28-18)10-19(15)29(26,27)25-11-20-21(3,4)12-22(20,14-25)13-24(5)6/h7-10,20H,11-14H2,1-6H3/t20-,22+/m1/s1. The lowest BCUT2D eigenvalue weighted by molar-refractivity contribution is -0.0789. The van der Waals surface area contributed by atoms with Crippen LogP contribution in [0.3, 0.4) is 0 Å². The topological polar surface area (TPSA) is 66.7 Å². The van der Waals surface area contributed by atoms with Crippen LogP contribution in [0.15, 0.2) is 33.7 Å². The van der Waals surface area contributed by atoms with Gasteiger partial charge in [0, 0.05) is 36.7 Å². The van der Waals surface area contributed by atoms with Gasteiger partial charge in [0.15, 0.2) is 5.76 Å². The molecule has 0 unspecified atom stereocenters. The number of fused-ring (bicyclic) bond motifs is 1. The molecule has 1 saturated heterocycles. The Bertz CT molecular complexity index is 1040. The van der Waals surface area contributed by atoms with E-state index in [0.717, 1.165) is 29.8 Å². The second-order valence-electron chi connectivity index (χ2n) is 9.93. The molecule has 2 fully saturated rings. The highest BCUT2D eigenvalue weighted by Crippen LogP contribution is 2.63. The van der Waals surface area contributed by atoms with E-state index in [1.54, 1.807) is 10.4 Å². The van der Waals surface area contributed by atoms with E-state index in [0.29, 0.717) is 29.7 Å². The van der Waals surface area contributed by atoms with Crippen molar-refractivity contribution < 1.29 is 12.9 Å². The van der Waals surface area contributed by atoms with Gasteiger partial charge in [-0.05, 0) is 57.3 Å². The zero-order chi connectivity index (χ0) is 21.2. The fourth-order valence-corrected chi connectivity index (χ4v) is 7.58. The number of aromatic nitrogens is 1. The largest absolute Gasteiger partial charge is 0.356 e. The SMILES string of the molecule is Cc1cc(-c2ccc(C)c(S(=O)(=O)N3C[C@@H]4C(C)(C)C[C@]4(CN(C)C)C3)c2)on1. The molecule has 0 radical (unpaired) electrons. The van der Waals surface area contributed by atoms with Crippen molar-refractivity contribution in [3.63, 3.8) is 0 Å². The molecule has 2 aliphatic rings. The second kappa shape index (κ2) is 6.65. The minimum Gasteiger partial charge on any atom is -0.356 e. The average Bonchev–Trinajstić information content (AvgIpc) is 3.16. The van der Waals surface area contributed by atoms with Crippen LogP contribution in [0.1, 0.15) is 31.5 Å². The molecular weight excluding hydrogens is 386 g/mol. The first kappa shape index (κ1) is 20.6. The van der Waals surface area contributed by atoms with Crippen LogP contribution in [0.25, 0.3) is 11.3 Å². The van der Waals surface area contributed by atoms with Crippen LogP contribution in [0.5, 0.6) is 0 Å². The molecule has 0 amide bonds. The molecule has 1 aliphatic heterocycles. The smallest absolute Gasteiger partial charge is 0.243 e. The summed E-state index contributed by atoms with van der Waals surface area (Å²) in [5.41, 5.74) is 2.49. The molecule has 2 aromatic rings. The van der Waals surface area contributed by atoms with E-state index >= 15 is 0 Å². The molecule has 0 spiro atoms. The zero-order valence-electron chi connectivity index (χ0n) is 18.2. The average molecular weight is 418 g/mol. The molecule has 2 heterocycles. The summed E-state index contributed by atoms with van der Waals surface area (Å²) in [7, 11) is 0.551. The molecule has 29 heavy (non-hydrogen) atoms. The molecule has 1 aliphatic carbocycles. The van der Waals surface area contributed by atoms with E-state index in [9.17, 15) is 8.42 Å². The van der Waals surface area contributed by atoms with E-state index in [4.69, 9.17) is 4.52 Å². The van der Waals surface area contributed by atoms with Crippen LogP contribution in [0.2, 0.25) is 0 Å². The Hall–Kier alpha value is -1.70. The van der Waals surface area contributed by atoms with Crippen molar-refractivity contribution in [1.29, 1.82) is 0 Å². The van der Waals surface area contributed by atoms with Gasteiger partial charge >= 0.3 is 0 Å². The number of sulfonamides is 1. The van der Waals surface area contributed by atoms with Gasteiger partial charge in [-0.3, -0.25) is 0 Å². The summed E-state index contributed by atoms with van der Waals surface area (Å²) in [5.74, 6) is 0.971. The summed E-state index contributed by atoms with van der Waals surface area (Å²) in [6, 6.07) is 7.29. The first-order chi connectivity index (χ1) is 13.4. The predicted octanol–water partition coefficient (Wildman–Crippen LogP) is 3.56. The lowest BCUT2D eigenvalue weighted by atomic mass is 9.48. The molecule has 158 valence electrons. The minimum absolute atomic E-state index is 0.0492. The van der Waals surface area contributed by atoms with Crippen LogP contribution in [0, 0.1) is 30.6 Å². The number of hydrogen-bond acceptors (Lipinski definition) is 5. The molecule has 7 heteroatoms. The lowest BCUT2D eigenvalue weighted by Crippen LogP contribution is -2.57. The quantitative estimate of drug-likeness (QED) is 0.744. The van der Waals surface area contributed by atoms with E-state index in [-0.39, 0.29) is 10.8 Å². The third kappa shape index (κ3) is 3.33. The maximum Gasteiger partial charge on any atom is 0.243 e. The molecule has 1 aromatic heterocycles. The van der Waals surface area contributed by atoms with Crippen LogP contribution >= 0.6 is 0 Å². The molecule has 1 aromatic carbocycles. The van der Waals surface area contributed by atoms with Crippen molar-refractivity contribution in [3.05, 3.63) is 35.5 Å². The molecule has 1 saturated carbocycles. The first-order valence-electron chi connectivity index (χ1n) is 10.1. The van der Waals surface area contributed by atoms with Gasteiger partial charge in [0.1, 0.15) is 0 Å². The predicted molar refractivity (Wildman–Crippen MR) is 113 cm³/mol. The van der Waals surface area contributed by atoms with E-state index in [1.165, 1.54) is 0 Å². The molecule has 4 rings (SSSR count). The van der Waals surface area contributed by atoms with Gasteiger partial charge in [0.05, 0.1) is 10.6 Å². The second-order valence-corrected chi connectivity index (χ2v) is 11.8. The van der Waals surface area contributed by atoms with Crippen LogP contribution in [-0.2, 0) is 10.0 Å². The Labute approximate surface area is 173 Å². The molecule has 2 atom stereocenters. The highest BCUT2D eigenvalue weighted by molar-refractivity contribution is 7.89. The fourth-order valence-electron chi connectivity index (χ4n) is 5.78. The molecule has 0 N–H and O–H groups in total. The van der Waals surface area contributed by atoms with E-state index in [2.05, 4.69) is 38.0 Å². The Balaban J connectivity index is 1.69. The third-order valence-corrected chi connectivity index (χ3v) is 8.67. The van der Waals surface area contributed by atoms with Crippen LogP contribution in [0.4, 0.5) is 0 Å². The van der Waals surface area contributed by atoms with E-state index < -0.39 is 10.0 Å². The Morgan fingerprint density at radius 2 is 1.97 bits per heavy atom. The summed E-state index contributed by atoms with van der Waals surface area (Å²) in [4.78, 5) is 2.55. The van der Waals surface area contributed by atoms with Crippen molar-refractivity contribution >= 4 is 10.0 Å². The number of hydrogen-bond donors (Lipinski definition) is 0. The maximum absolute atomic E-state index is 13.7. The van der Waals surface area contributed by atoms with Crippen molar-refractivity contribution in [1.82, 2.24) is 14.4 Å². The lowest BCUT2D eigenvalue weighted by Gasteiger charge is -2.57. The fraction of sp³-hybridized carbons (Fsp3) is 0.591. The van der Waals surface area contributed by atoms with Crippen molar-refractivity contribution in [2.24, 2.45) is 16.7 Å². The minimum atomic E-state index is -3.59. The number of aryl methyl sites for hydroxylation is 2. The molecule has 6 nitrogen and oxygen atoms in total. The summed E-state index contributed by atoms with van der Waals surface area (Å²) < 4.78 is 34.4. The van der Waals surface area contributed by atoms with E-state index in [1.807, 2.05) is 32.0 Å². The third-order valence-electron chi connectivity index (χ3n) is 6.72.